The van der Waals surface area contributed by atoms with Gasteiger partial charge < -0.3 is 10.6 Å². The van der Waals surface area contributed by atoms with Gasteiger partial charge in [0.15, 0.2) is 0 Å². The fourth-order valence-corrected chi connectivity index (χ4v) is 3.99. The van der Waals surface area contributed by atoms with Gasteiger partial charge in [-0.2, -0.15) is 0 Å². The standard InChI is InChI=1S/C23H21N5OS/c1-15-22(30-16(2)25-15)20-11-12-24-23(28-20)27-19-10-6-9-18(14-19)26-21(29)13-17-7-4-3-5-8-17/h3-12,14H,13H2,1-2H3,(H,26,29)(H,24,27,28). The number of nitrogens with zero attached hydrogens (tertiary/aromatic N) is 3. The molecule has 0 radical (unpaired) electrons. The molecule has 0 bridgehead atoms. The van der Waals surface area contributed by atoms with Gasteiger partial charge in [-0.3, -0.25) is 4.79 Å². The molecule has 4 rings (SSSR count). The van der Waals surface area contributed by atoms with Gasteiger partial charge >= 0.3 is 0 Å². The first-order chi connectivity index (χ1) is 14.6. The Balaban J connectivity index is 1.46. The average Bonchev–Trinajstić information content (AvgIpc) is 3.07. The van der Waals surface area contributed by atoms with Crippen LogP contribution in [0, 0.1) is 13.8 Å². The Morgan fingerprint density at radius 1 is 0.967 bits per heavy atom. The van der Waals surface area contributed by atoms with Crippen molar-refractivity contribution in [3.8, 4) is 10.6 Å². The van der Waals surface area contributed by atoms with Crippen molar-refractivity contribution in [3.05, 3.63) is 83.1 Å². The Morgan fingerprint density at radius 2 is 1.77 bits per heavy atom. The lowest BCUT2D eigenvalue weighted by molar-refractivity contribution is -0.115. The maximum absolute atomic E-state index is 12.3. The molecule has 0 aliphatic carbocycles. The summed E-state index contributed by atoms with van der Waals surface area (Å²) < 4.78 is 0. The van der Waals surface area contributed by atoms with E-state index in [-0.39, 0.29) is 5.91 Å². The zero-order valence-electron chi connectivity index (χ0n) is 16.7. The van der Waals surface area contributed by atoms with Crippen LogP contribution in [0.3, 0.4) is 0 Å². The van der Waals surface area contributed by atoms with E-state index in [1.54, 1.807) is 17.5 Å². The van der Waals surface area contributed by atoms with Crippen LogP contribution in [0.2, 0.25) is 0 Å². The van der Waals surface area contributed by atoms with E-state index in [1.165, 1.54) is 0 Å². The summed E-state index contributed by atoms with van der Waals surface area (Å²) in [7, 11) is 0. The number of hydrogen-bond acceptors (Lipinski definition) is 6. The van der Waals surface area contributed by atoms with Gasteiger partial charge in [0, 0.05) is 17.6 Å². The van der Waals surface area contributed by atoms with Gasteiger partial charge in [-0.25, -0.2) is 15.0 Å². The molecule has 4 aromatic rings. The second-order valence-corrected chi connectivity index (χ2v) is 8.03. The Morgan fingerprint density at radius 3 is 2.53 bits per heavy atom. The maximum atomic E-state index is 12.3. The van der Waals surface area contributed by atoms with Crippen LogP contribution in [0.4, 0.5) is 17.3 Å². The molecule has 2 heterocycles. The molecule has 2 N–H and O–H groups in total. The van der Waals surface area contributed by atoms with Crippen LogP contribution in [-0.4, -0.2) is 20.9 Å². The van der Waals surface area contributed by atoms with E-state index in [0.717, 1.165) is 32.5 Å². The highest BCUT2D eigenvalue weighted by Crippen LogP contribution is 2.29. The van der Waals surface area contributed by atoms with Crippen molar-refractivity contribution in [2.75, 3.05) is 10.6 Å². The van der Waals surface area contributed by atoms with Gasteiger partial charge in [0.2, 0.25) is 11.9 Å². The van der Waals surface area contributed by atoms with Crippen LogP contribution in [0.1, 0.15) is 16.3 Å². The highest BCUT2D eigenvalue weighted by atomic mass is 32.1. The summed E-state index contributed by atoms with van der Waals surface area (Å²) in [5.74, 6) is 0.429. The Labute approximate surface area is 179 Å². The number of carbonyl (C=O) groups excluding carboxylic acids is 1. The normalized spacial score (nSPS) is 10.6. The summed E-state index contributed by atoms with van der Waals surface area (Å²) in [5, 5.41) is 7.16. The molecule has 0 unspecified atom stereocenters. The fourth-order valence-electron chi connectivity index (χ4n) is 3.10. The maximum Gasteiger partial charge on any atom is 0.228 e. The van der Waals surface area contributed by atoms with Crippen molar-refractivity contribution in [1.82, 2.24) is 15.0 Å². The molecule has 6 nitrogen and oxygen atoms in total. The molecule has 0 aliphatic rings. The lowest BCUT2D eigenvalue weighted by atomic mass is 10.1. The third kappa shape index (κ3) is 4.87. The number of aryl methyl sites for hydroxylation is 2. The number of rotatable bonds is 6. The summed E-state index contributed by atoms with van der Waals surface area (Å²) >= 11 is 1.62. The van der Waals surface area contributed by atoms with E-state index in [9.17, 15) is 4.79 Å². The largest absolute Gasteiger partial charge is 0.326 e. The summed E-state index contributed by atoms with van der Waals surface area (Å²) in [5.41, 5.74) is 4.28. The fraction of sp³-hybridized carbons (Fsp3) is 0.130. The molecule has 1 amide bonds. The SMILES string of the molecule is Cc1nc(C)c(-c2ccnc(Nc3cccc(NC(=O)Cc4ccccc4)c3)n2)s1. The lowest BCUT2D eigenvalue weighted by Crippen LogP contribution is -2.14. The van der Waals surface area contributed by atoms with Gasteiger partial charge in [-0.1, -0.05) is 36.4 Å². The smallest absolute Gasteiger partial charge is 0.228 e. The van der Waals surface area contributed by atoms with Crippen molar-refractivity contribution < 1.29 is 4.79 Å². The molecular weight excluding hydrogens is 394 g/mol. The zero-order chi connectivity index (χ0) is 20.9. The summed E-state index contributed by atoms with van der Waals surface area (Å²) in [6.07, 6.45) is 2.06. The van der Waals surface area contributed by atoms with Gasteiger partial charge in [0.25, 0.3) is 0 Å². The number of anilines is 3. The predicted octanol–water partition coefficient (Wildman–Crippen LogP) is 5.14. The monoisotopic (exact) mass is 415 g/mol. The Kier molecular flexibility index (Phi) is 5.81. The Hall–Kier alpha value is -3.58. The van der Waals surface area contributed by atoms with Crippen molar-refractivity contribution >= 4 is 34.6 Å². The van der Waals surface area contributed by atoms with E-state index in [4.69, 9.17) is 0 Å². The molecule has 0 aliphatic heterocycles. The highest BCUT2D eigenvalue weighted by Gasteiger charge is 2.10. The predicted molar refractivity (Wildman–Crippen MR) is 121 cm³/mol. The Bertz CT molecular complexity index is 1170. The van der Waals surface area contributed by atoms with Crippen molar-refractivity contribution in [3.63, 3.8) is 0 Å². The molecule has 0 saturated heterocycles. The van der Waals surface area contributed by atoms with E-state index >= 15 is 0 Å². The molecule has 30 heavy (non-hydrogen) atoms. The topological polar surface area (TPSA) is 79.8 Å². The van der Waals surface area contributed by atoms with Gasteiger partial charge in [0.05, 0.1) is 27.7 Å². The minimum absolute atomic E-state index is 0.0624. The number of aromatic nitrogens is 3. The molecule has 0 atom stereocenters. The highest BCUT2D eigenvalue weighted by molar-refractivity contribution is 7.15. The molecule has 7 heteroatoms. The molecule has 0 spiro atoms. The summed E-state index contributed by atoms with van der Waals surface area (Å²) in [4.78, 5) is 26.8. The zero-order valence-corrected chi connectivity index (χ0v) is 17.5. The number of hydrogen-bond donors (Lipinski definition) is 2. The summed E-state index contributed by atoms with van der Waals surface area (Å²) in [6, 6.07) is 19.0. The van der Waals surface area contributed by atoms with E-state index in [2.05, 4.69) is 25.6 Å². The minimum Gasteiger partial charge on any atom is -0.326 e. The molecule has 150 valence electrons. The van der Waals surface area contributed by atoms with Crippen LogP contribution in [-0.2, 0) is 11.2 Å². The van der Waals surface area contributed by atoms with Crippen LogP contribution in [0.25, 0.3) is 10.6 Å². The van der Waals surface area contributed by atoms with E-state index in [1.807, 2.05) is 74.5 Å². The first kappa shape index (κ1) is 19.7. The molecular formula is C23H21N5OS. The third-order valence-corrected chi connectivity index (χ3v) is 5.50. The molecule has 0 saturated carbocycles. The van der Waals surface area contributed by atoms with Crippen LogP contribution >= 0.6 is 11.3 Å². The van der Waals surface area contributed by atoms with Crippen LogP contribution < -0.4 is 10.6 Å². The molecule has 2 aromatic carbocycles. The van der Waals surface area contributed by atoms with E-state index < -0.39 is 0 Å². The minimum atomic E-state index is -0.0624. The van der Waals surface area contributed by atoms with Gasteiger partial charge in [0.1, 0.15) is 0 Å². The lowest BCUT2D eigenvalue weighted by Gasteiger charge is -2.09. The quantitative estimate of drug-likeness (QED) is 0.456. The molecule has 0 fully saturated rings. The van der Waals surface area contributed by atoms with Gasteiger partial charge in [-0.05, 0) is 43.7 Å². The van der Waals surface area contributed by atoms with Crippen molar-refractivity contribution in [2.45, 2.75) is 20.3 Å². The second kappa shape index (κ2) is 8.84. The third-order valence-electron chi connectivity index (χ3n) is 4.40. The second-order valence-electron chi connectivity index (χ2n) is 6.83. The summed E-state index contributed by atoms with van der Waals surface area (Å²) in [6.45, 7) is 3.97. The number of nitrogens with one attached hydrogen (secondary N) is 2. The van der Waals surface area contributed by atoms with Crippen LogP contribution in [0.5, 0.6) is 0 Å². The van der Waals surface area contributed by atoms with Gasteiger partial charge in [-0.15, -0.1) is 11.3 Å². The first-order valence-corrected chi connectivity index (χ1v) is 10.4. The number of thiazole rings is 1. The number of benzene rings is 2. The van der Waals surface area contributed by atoms with Crippen LogP contribution in [0.15, 0.2) is 66.9 Å². The molecule has 2 aromatic heterocycles. The number of carbonyl (C=O) groups is 1. The van der Waals surface area contributed by atoms with Crippen molar-refractivity contribution in [1.29, 1.82) is 0 Å². The number of amides is 1. The first-order valence-electron chi connectivity index (χ1n) is 9.55. The van der Waals surface area contributed by atoms with E-state index in [0.29, 0.717) is 18.1 Å². The average molecular weight is 416 g/mol. The van der Waals surface area contributed by atoms with Crippen molar-refractivity contribution in [2.24, 2.45) is 0 Å².